The third-order valence-electron chi connectivity index (χ3n) is 2.18. The number of carbonyl (C=O) groups excluding carboxylic acids is 1. The van der Waals surface area contributed by atoms with Gasteiger partial charge in [-0.25, -0.2) is 0 Å². The second-order valence-electron chi connectivity index (χ2n) is 3.43. The molecule has 0 saturated carbocycles. The first-order valence-electron chi connectivity index (χ1n) is 5.40. The van der Waals surface area contributed by atoms with E-state index in [4.69, 9.17) is 5.73 Å². The summed E-state index contributed by atoms with van der Waals surface area (Å²) in [5.41, 5.74) is 6.73. The molecular weight excluding hydrogens is 204 g/mol. The molecule has 0 aliphatic carbocycles. The molecule has 1 aromatic heterocycles. The molecule has 5 heteroatoms. The number of anilines is 1. The quantitative estimate of drug-likeness (QED) is 0.615. The van der Waals surface area contributed by atoms with Crippen molar-refractivity contribution < 1.29 is 4.79 Å². The molecule has 0 aliphatic heterocycles. The van der Waals surface area contributed by atoms with Crippen LogP contribution in [-0.4, -0.2) is 31.0 Å². The number of hydrogen-bond acceptors (Lipinski definition) is 4. The van der Waals surface area contributed by atoms with Crippen LogP contribution in [0.25, 0.3) is 0 Å². The van der Waals surface area contributed by atoms with Gasteiger partial charge < -0.3 is 16.4 Å². The molecule has 0 saturated heterocycles. The second kappa shape index (κ2) is 6.79. The first kappa shape index (κ1) is 12.4. The maximum atomic E-state index is 11.3. The third kappa shape index (κ3) is 3.86. The SMILES string of the molecule is CNC(=O)c1cc(NCCCCN)ccn1. The lowest BCUT2D eigenvalue weighted by molar-refractivity contribution is 0.0958. The number of rotatable bonds is 6. The maximum Gasteiger partial charge on any atom is 0.269 e. The van der Waals surface area contributed by atoms with Crippen LogP contribution in [0.4, 0.5) is 5.69 Å². The van der Waals surface area contributed by atoms with Crippen molar-refractivity contribution in [3.63, 3.8) is 0 Å². The van der Waals surface area contributed by atoms with E-state index >= 15 is 0 Å². The van der Waals surface area contributed by atoms with E-state index in [2.05, 4.69) is 15.6 Å². The van der Waals surface area contributed by atoms with Gasteiger partial charge in [0, 0.05) is 25.5 Å². The smallest absolute Gasteiger partial charge is 0.269 e. The highest BCUT2D eigenvalue weighted by Crippen LogP contribution is 2.07. The molecule has 0 aromatic carbocycles. The number of pyridine rings is 1. The maximum absolute atomic E-state index is 11.3. The van der Waals surface area contributed by atoms with Crippen molar-refractivity contribution in [3.8, 4) is 0 Å². The van der Waals surface area contributed by atoms with Crippen molar-refractivity contribution in [2.75, 3.05) is 25.5 Å². The van der Waals surface area contributed by atoms with Crippen LogP contribution in [0.1, 0.15) is 23.3 Å². The van der Waals surface area contributed by atoms with Crippen molar-refractivity contribution in [2.24, 2.45) is 5.73 Å². The van der Waals surface area contributed by atoms with Gasteiger partial charge in [-0.2, -0.15) is 0 Å². The topological polar surface area (TPSA) is 80.0 Å². The zero-order chi connectivity index (χ0) is 11.8. The van der Waals surface area contributed by atoms with Gasteiger partial charge in [-0.1, -0.05) is 0 Å². The molecule has 16 heavy (non-hydrogen) atoms. The van der Waals surface area contributed by atoms with E-state index in [1.807, 2.05) is 6.07 Å². The summed E-state index contributed by atoms with van der Waals surface area (Å²) in [5.74, 6) is -0.175. The first-order chi connectivity index (χ1) is 7.77. The first-order valence-corrected chi connectivity index (χ1v) is 5.40. The van der Waals surface area contributed by atoms with Crippen LogP contribution in [0.2, 0.25) is 0 Å². The molecule has 5 nitrogen and oxygen atoms in total. The Morgan fingerprint density at radius 1 is 1.50 bits per heavy atom. The van der Waals surface area contributed by atoms with Gasteiger partial charge >= 0.3 is 0 Å². The van der Waals surface area contributed by atoms with Gasteiger partial charge in [-0.05, 0) is 31.5 Å². The molecule has 0 aliphatic rings. The molecule has 0 spiro atoms. The largest absolute Gasteiger partial charge is 0.385 e. The average Bonchev–Trinajstić information content (AvgIpc) is 2.34. The van der Waals surface area contributed by atoms with E-state index < -0.39 is 0 Å². The van der Waals surface area contributed by atoms with E-state index in [9.17, 15) is 4.79 Å². The van der Waals surface area contributed by atoms with E-state index in [1.54, 1.807) is 19.3 Å². The minimum absolute atomic E-state index is 0.175. The van der Waals surface area contributed by atoms with E-state index in [-0.39, 0.29) is 5.91 Å². The molecule has 1 amide bonds. The normalized spacial score (nSPS) is 9.88. The highest BCUT2D eigenvalue weighted by Gasteiger charge is 2.04. The number of carbonyl (C=O) groups is 1. The Labute approximate surface area is 95.4 Å². The van der Waals surface area contributed by atoms with Gasteiger partial charge in [0.15, 0.2) is 0 Å². The minimum atomic E-state index is -0.175. The Morgan fingerprint density at radius 3 is 3.00 bits per heavy atom. The van der Waals surface area contributed by atoms with Crippen LogP contribution in [0.5, 0.6) is 0 Å². The molecule has 88 valence electrons. The van der Waals surface area contributed by atoms with Gasteiger partial charge in [0.05, 0.1) is 0 Å². The van der Waals surface area contributed by atoms with E-state index in [0.717, 1.165) is 25.1 Å². The van der Waals surface area contributed by atoms with Crippen LogP contribution in [0.3, 0.4) is 0 Å². The highest BCUT2D eigenvalue weighted by molar-refractivity contribution is 5.92. The van der Waals surface area contributed by atoms with Crippen molar-refractivity contribution in [1.82, 2.24) is 10.3 Å². The Hall–Kier alpha value is -1.62. The number of amides is 1. The number of nitrogens with zero attached hydrogens (tertiary/aromatic N) is 1. The third-order valence-corrected chi connectivity index (χ3v) is 2.18. The predicted molar refractivity (Wildman–Crippen MR) is 64.4 cm³/mol. The lowest BCUT2D eigenvalue weighted by Gasteiger charge is -2.06. The van der Waals surface area contributed by atoms with Crippen molar-refractivity contribution >= 4 is 11.6 Å². The lowest BCUT2D eigenvalue weighted by atomic mass is 10.2. The van der Waals surface area contributed by atoms with Crippen LogP contribution < -0.4 is 16.4 Å². The van der Waals surface area contributed by atoms with E-state index in [1.165, 1.54) is 0 Å². The molecule has 4 N–H and O–H groups in total. The lowest BCUT2D eigenvalue weighted by Crippen LogP contribution is -2.19. The van der Waals surface area contributed by atoms with Gasteiger partial charge in [-0.15, -0.1) is 0 Å². The number of hydrogen-bond donors (Lipinski definition) is 3. The van der Waals surface area contributed by atoms with Gasteiger partial charge in [0.1, 0.15) is 5.69 Å². The molecule has 1 heterocycles. The highest BCUT2D eigenvalue weighted by atomic mass is 16.1. The fourth-order valence-corrected chi connectivity index (χ4v) is 1.29. The molecule has 1 rings (SSSR count). The molecular formula is C11H18N4O. The van der Waals surface area contributed by atoms with Crippen LogP contribution in [0.15, 0.2) is 18.3 Å². The molecule has 1 aromatic rings. The van der Waals surface area contributed by atoms with Crippen LogP contribution in [-0.2, 0) is 0 Å². The molecule has 0 atom stereocenters. The fraction of sp³-hybridized carbons (Fsp3) is 0.455. The number of nitrogens with one attached hydrogen (secondary N) is 2. The Bertz CT molecular complexity index is 341. The summed E-state index contributed by atoms with van der Waals surface area (Å²) in [4.78, 5) is 15.3. The second-order valence-corrected chi connectivity index (χ2v) is 3.43. The number of nitrogens with two attached hydrogens (primary N) is 1. The number of aromatic nitrogens is 1. The van der Waals surface area contributed by atoms with Crippen LogP contribution >= 0.6 is 0 Å². The monoisotopic (exact) mass is 222 g/mol. The Kier molecular flexibility index (Phi) is 5.28. The van der Waals surface area contributed by atoms with Gasteiger partial charge in [-0.3, -0.25) is 9.78 Å². The molecule has 0 fully saturated rings. The summed E-state index contributed by atoms with van der Waals surface area (Å²) in [5, 5.41) is 5.76. The van der Waals surface area contributed by atoms with Crippen molar-refractivity contribution in [2.45, 2.75) is 12.8 Å². The molecule has 0 bridgehead atoms. The summed E-state index contributed by atoms with van der Waals surface area (Å²) >= 11 is 0. The summed E-state index contributed by atoms with van der Waals surface area (Å²) in [7, 11) is 1.59. The summed E-state index contributed by atoms with van der Waals surface area (Å²) in [6.45, 7) is 1.57. The van der Waals surface area contributed by atoms with Gasteiger partial charge in [0.25, 0.3) is 5.91 Å². The minimum Gasteiger partial charge on any atom is -0.385 e. The summed E-state index contributed by atoms with van der Waals surface area (Å²) in [6, 6.07) is 3.58. The van der Waals surface area contributed by atoms with Crippen molar-refractivity contribution in [3.05, 3.63) is 24.0 Å². The predicted octanol–water partition coefficient (Wildman–Crippen LogP) is 0.592. The molecule has 0 radical (unpaired) electrons. The average molecular weight is 222 g/mol. The zero-order valence-electron chi connectivity index (χ0n) is 9.49. The Balaban J connectivity index is 2.50. The zero-order valence-corrected chi connectivity index (χ0v) is 9.49. The summed E-state index contributed by atoms with van der Waals surface area (Å²) < 4.78 is 0. The fourth-order valence-electron chi connectivity index (χ4n) is 1.29. The van der Waals surface area contributed by atoms with Gasteiger partial charge in [0.2, 0.25) is 0 Å². The number of unbranched alkanes of at least 4 members (excludes halogenated alkanes) is 1. The molecule has 0 unspecified atom stereocenters. The standard InChI is InChI=1S/C11H18N4O/c1-13-11(16)10-8-9(4-7-15-10)14-6-3-2-5-12/h4,7-8H,2-3,5-6,12H2,1H3,(H,13,16)(H,14,15). The summed E-state index contributed by atoms with van der Waals surface area (Å²) in [6.07, 6.45) is 3.64. The van der Waals surface area contributed by atoms with Crippen LogP contribution in [0, 0.1) is 0 Å². The van der Waals surface area contributed by atoms with E-state index in [0.29, 0.717) is 12.2 Å². The Morgan fingerprint density at radius 2 is 2.31 bits per heavy atom. The van der Waals surface area contributed by atoms with Crippen molar-refractivity contribution in [1.29, 1.82) is 0 Å².